The minimum Gasteiger partial charge on any atom is -0.309 e. The van der Waals surface area contributed by atoms with Crippen molar-refractivity contribution in [3.63, 3.8) is 0 Å². The van der Waals surface area contributed by atoms with Gasteiger partial charge in [-0.15, -0.1) is 0 Å². The van der Waals surface area contributed by atoms with Crippen molar-refractivity contribution in [2.24, 2.45) is 0 Å². The molecule has 0 aromatic heterocycles. The Kier molecular flexibility index (Phi) is 6.64. The Bertz CT molecular complexity index is 425. The minimum absolute atomic E-state index is 0.130. The van der Waals surface area contributed by atoms with Crippen molar-refractivity contribution in [2.45, 2.75) is 31.6 Å². The van der Waals surface area contributed by atoms with Crippen LogP contribution in [0.3, 0.4) is 0 Å². The topological polar surface area (TPSA) is 29.1 Å². The highest BCUT2D eigenvalue weighted by atomic mass is 35.5. The molecule has 0 bridgehead atoms. The zero-order chi connectivity index (χ0) is 13.7. The third kappa shape index (κ3) is 4.54. The first-order valence-electron chi connectivity index (χ1n) is 5.96. The molecule has 0 saturated carbocycles. The normalized spacial score (nSPS) is 16.3. The summed E-state index contributed by atoms with van der Waals surface area (Å²) in [5.41, 5.74) is 1.04. The van der Waals surface area contributed by atoms with E-state index < -0.39 is 10.8 Å². The zero-order valence-electron chi connectivity index (χ0n) is 10.9. The molecule has 1 N–H and O–H groups in total. The maximum atomic E-state index is 11.3. The number of hydrogen-bond acceptors (Lipinski definition) is 2. The van der Waals surface area contributed by atoms with E-state index >= 15 is 0 Å². The van der Waals surface area contributed by atoms with Crippen molar-refractivity contribution < 1.29 is 4.21 Å². The van der Waals surface area contributed by atoms with Gasteiger partial charge in [0.15, 0.2) is 0 Å². The molecule has 0 saturated heterocycles. The van der Waals surface area contributed by atoms with E-state index in [1.807, 2.05) is 19.1 Å². The lowest BCUT2D eigenvalue weighted by Crippen LogP contribution is -2.30. The van der Waals surface area contributed by atoms with Crippen LogP contribution in [0.5, 0.6) is 0 Å². The summed E-state index contributed by atoms with van der Waals surface area (Å²) in [5.74, 6) is 0. The summed E-state index contributed by atoms with van der Waals surface area (Å²) in [7, 11) is -0.811. The largest absolute Gasteiger partial charge is 0.309 e. The fourth-order valence-corrected chi connectivity index (χ4v) is 2.56. The smallest absolute Gasteiger partial charge is 0.0468 e. The summed E-state index contributed by atoms with van der Waals surface area (Å²) in [4.78, 5) is 0. The van der Waals surface area contributed by atoms with E-state index in [4.69, 9.17) is 23.2 Å². The monoisotopic (exact) mass is 307 g/mol. The van der Waals surface area contributed by atoms with Gasteiger partial charge in [-0.25, -0.2) is 0 Å². The Labute approximate surface area is 122 Å². The summed E-state index contributed by atoms with van der Waals surface area (Å²) in [6.07, 6.45) is 2.65. The molecule has 0 fully saturated rings. The molecule has 1 aromatic carbocycles. The quantitative estimate of drug-likeness (QED) is 0.866. The average Bonchev–Trinajstić information content (AvgIpc) is 2.31. The molecule has 0 spiro atoms. The Morgan fingerprint density at radius 1 is 1.39 bits per heavy atom. The van der Waals surface area contributed by atoms with Crippen LogP contribution >= 0.6 is 23.2 Å². The van der Waals surface area contributed by atoms with Gasteiger partial charge >= 0.3 is 0 Å². The van der Waals surface area contributed by atoms with Gasteiger partial charge in [-0.1, -0.05) is 36.2 Å². The van der Waals surface area contributed by atoms with Gasteiger partial charge in [-0.2, -0.15) is 0 Å². The summed E-state index contributed by atoms with van der Waals surface area (Å²) in [6, 6.07) is 5.71. The molecule has 18 heavy (non-hydrogen) atoms. The molecule has 5 heteroatoms. The number of nitrogens with one attached hydrogen (secondary N) is 1. The van der Waals surface area contributed by atoms with E-state index in [9.17, 15) is 4.21 Å². The molecule has 3 unspecified atom stereocenters. The van der Waals surface area contributed by atoms with Crippen molar-refractivity contribution in [1.82, 2.24) is 5.32 Å². The first-order chi connectivity index (χ1) is 8.45. The lowest BCUT2D eigenvalue weighted by molar-refractivity contribution is 0.519. The standard InChI is InChI=1S/C13H19Cl2NOS/c1-4-13(16-8-9(2)18(3)17)11-6-5-10(14)7-12(11)15/h5-7,9,13,16H,4,8H2,1-3H3. The fraction of sp³-hybridized carbons (Fsp3) is 0.538. The molecular weight excluding hydrogens is 289 g/mol. The van der Waals surface area contributed by atoms with Crippen LogP contribution in [0.15, 0.2) is 18.2 Å². The maximum absolute atomic E-state index is 11.3. The predicted octanol–water partition coefficient (Wildman–Crippen LogP) is 3.80. The lowest BCUT2D eigenvalue weighted by atomic mass is 10.0. The third-order valence-corrected chi connectivity index (χ3v) is 4.83. The highest BCUT2D eigenvalue weighted by Gasteiger charge is 2.15. The Balaban J connectivity index is 2.74. The summed E-state index contributed by atoms with van der Waals surface area (Å²) in [6.45, 7) is 4.77. The van der Waals surface area contributed by atoms with Crippen molar-refractivity contribution >= 4 is 34.0 Å². The van der Waals surface area contributed by atoms with E-state index in [1.165, 1.54) is 0 Å². The Morgan fingerprint density at radius 3 is 2.56 bits per heavy atom. The minimum atomic E-state index is -0.811. The molecule has 2 nitrogen and oxygen atoms in total. The van der Waals surface area contributed by atoms with Gasteiger partial charge < -0.3 is 5.32 Å². The molecule has 0 aliphatic rings. The van der Waals surface area contributed by atoms with Crippen LogP contribution in [0.25, 0.3) is 0 Å². The van der Waals surface area contributed by atoms with Gasteiger partial charge in [0.05, 0.1) is 0 Å². The number of halogens is 2. The number of rotatable bonds is 6. The second-order valence-electron chi connectivity index (χ2n) is 4.34. The summed E-state index contributed by atoms with van der Waals surface area (Å²) >= 11 is 12.1. The second kappa shape index (κ2) is 7.49. The molecule has 0 aliphatic heterocycles. The SMILES string of the molecule is CCC(NCC(C)S(C)=O)c1ccc(Cl)cc1Cl. The van der Waals surface area contributed by atoms with Crippen molar-refractivity contribution in [3.05, 3.63) is 33.8 Å². The van der Waals surface area contributed by atoms with Crippen LogP contribution in [0.4, 0.5) is 0 Å². The molecule has 3 atom stereocenters. The van der Waals surface area contributed by atoms with Gasteiger partial charge in [0.1, 0.15) is 0 Å². The van der Waals surface area contributed by atoms with E-state index in [2.05, 4.69) is 12.2 Å². The summed E-state index contributed by atoms with van der Waals surface area (Å²) in [5, 5.41) is 4.85. The van der Waals surface area contributed by atoms with Crippen molar-refractivity contribution in [1.29, 1.82) is 0 Å². The molecule has 1 aromatic rings. The van der Waals surface area contributed by atoms with E-state index in [0.717, 1.165) is 12.0 Å². The average molecular weight is 308 g/mol. The van der Waals surface area contributed by atoms with Crippen LogP contribution < -0.4 is 5.32 Å². The second-order valence-corrected chi connectivity index (χ2v) is 6.99. The van der Waals surface area contributed by atoms with Gasteiger partial charge in [0.25, 0.3) is 0 Å². The molecule has 0 radical (unpaired) electrons. The van der Waals surface area contributed by atoms with Crippen molar-refractivity contribution in [2.75, 3.05) is 12.8 Å². The zero-order valence-corrected chi connectivity index (χ0v) is 13.2. The van der Waals surface area contributed by atoms with Crippen LogP contribution in [0.2, 0.25) is 10.0 Å². The molecule has 102 valence electrons. The first kappa shape index (κ1) is 16.0. The van der Waals surface area contributed by atoms with Crippen LogP contribution in [0.1, 0.15) is 31.9 Å². The Hall–Kier alpha value is -0.0900. The van der Waals surface area contributed by atoms with Gasteiger partial charge in [-0.3, -0.25) is 4.21 Å². The molecule has 1 rings (SSSR count). The van der Waals surface area contributed by atoms with Crippen molar-refractivity contribution in [3.8, 4) is 0 Å². The number of hydrogen-bond donors (Lipinski definition) is 1. The fourth-order valence-electron chi connectivity index (χ4n) is 1.68. The van der Waals surface area contributed by atoms with E-state index in [1.54, 1.807) is 12.3 Å². The van der Waals surface area contributed by atoms with Crippen LogP contribution in [-0.4, -0.2) is 22.3 Å². The third-order valence-electron chi connectivity index (χ3n) is 2.96. The van der Waals surface area contributed by atoms with Crippen LogP contribution in [-0.2, 0) is 10.8 Å². The molecule has 0 aliphatic carbocycles. The molecule has 0 amide bonds. The molecule has 0 heterocycles. The van der Waals surface area contributed by atoms with Gasteiger partial charge in [-0.05, 0) is 31.0 Å². The lowest BCUT2D eigenvalue weighted by Gasteiger charge is -2.20. The van der Waals surface area contributed by atoms with Crippen LogP contribution in [0, 0.1) is 0 Å². The van der Waals surface area contributed by atoms with Gasteiger partial charge in [0.2, 0.25) is 0 Å². The highest BCUT2D eigenvalue weighted by molar-refractivity contribution is 7.84. The van der Waals surface area contributed by atoms with E-state index in [0.29, 0.717) is 16.6 Å². The Morgan fingerprint density at radius 2 is 2.06 bits per heavy atom. The predicted molar refractivity (Wildman–Crippen MR) is 81.0 cm³/mol. The maximum Gasteiger partial charge on any atom is 0.0468 e. The number of benzene rings is 1. The summed E-state index contributed by atoms with van der Waals surface area (Å²) < 4.78 is 11.3. The van der Waals surface area contributed by atoms with E-state index in [-0.39, 0.29) is 11.3 Å². The molecular formula is C13H19Cl2NOS. The van der Waals surface area contributed by atoms with Gasteiger partial charge in [0, 0.05) is 44.9 Å². The first-order valence-corrected chi connectivity index (χ1v) is 8.34. The highest BCUT2D eigenvalue weighted by Crippen LogP contribution is 2.27.